The number of pyridine rings is 2. The Labute approximate surface area is 152 Å². The third-order valence-corrected chi connectivity index (χ3v) is 4.73. The molecule has 2 aromatic rings. The van der Waals surface area contributed by atoms with Crippen molar-refractivity contribution < 1.29 is 0 Å². The lowest BCUT2D eigenvalue weighted by Gasteiger charge is -2.36. The van der Waals surface area contributed by atoms with Crippen molar-refractivity contribution in [1.82, 2.24) is 14.9 Å². The van der Waals surface area contributed by atoms with E-state index in [0.29, 0.717) is 0 Å². The van der Waals surface area contributed by atoms with Crippen LogP contribution in [0.15, 0.2) is 59.0 Å². The molecule has 7 heteroatoms. The number of hydrogen-bond acceptors (Lipinski definition) is 6. The van der Waals surface area contributed by atoms with Crippen LogP contribution in [-0.4, -0.2) is 58.2 Å². The molecule has 130 valence electrons. The van der Waals surface area contributed by atoms with Gasteiger partial charge in [0.05, 0.1) is 11.4 Å². The molecule has 6 nitrogen and oxygen atoms in total. The second-order valence-corrected chi connectivity index (χ2v) is 6.42. The average Bonchev–Trinajstić information content (AvgIpc) is 2.70. The van der Waals surface area contributed by atoms with E-state index >= 15 is 0 Å². The van der Waals surface area contributed by atoms with Gasteiger partial charge in [0.25, 0.3) is 0 Å². The van der Waals surface area contributed by atoms with Gasteiger partial charge in [0.2, 0.25) is 0 Å². The summed E-state index contributed by atoms with van der Waals surface area (Å²) in [5.74, 6) is 1.04. The van der Waals surface area contributed by atoms with E-state index in [1.807, 2.05) is 49.7 Å². The van der Waals surface area contributed by atoms with Crippen molar-refractivity contribution in [3.8, 4) is 0 Å². The molecule has 0 amide bonds. The van der Waals surface area contributed by atoms with E-state index in [1.54, 1.807) is 18.0 Å². The van der Waals surface area contributed by atoms with Gasteiger partial charge in [0.1, 0.15) is 5.82 Å². The van der Waals surface area contributed by atoms with Crippen molar-refractivity contribution in [3.05, 3.63) is 54.5 Å². The Balaban J connectivity index is 1.64. The van der Waals surface area contributed by atoms with E-state index in [-0.39, 0.29) is 0 Å². The molecule has 0 spiro atoms. The maximum absolute atomic E-state index is 4.46. The molecule has 0 saturated carbocycles. The van der Waals surface area contributed by atoms with Gasteiger partial charge in [-0.3, -0.25) is 4.98 Å². The Morgan fingerprint density at radius 1 is 0.960 bits per heavy atom. The zero-order chi connectivity index (χ0) is 17.5. The fraction of sp³-hybridized carbons (Fsp3) is 0.333. The van der Waals surface area contributed by atoms with Crippen molar-refractivity contribution >= 4 is 28.5 Å². The van der Waals surface area contributed by atoms with Gasteiger partial charge in [-0.15, -0.1) is 5.10 Å². The summed E-state index contributed by atoms with van der Waals surface area (Å²) in [5.41, 5.74) is 1.67. The molecule has 0 bridgehead atoms. The SMILES string of the molecule is CS/C(=N\N=C(\C)c1ccccn1)N1CCN(c2ccccn2)CC1. The molecule has 3 rings (SSSR count). The van der Waals surface area contributed by atoms with Crippen LogP contribution in [0.4, 0.5) is 5.82 Å². The molecule has 1 aliphatic rings. The highest BCUT2D eigenvalue weighted by Gasteiger charge is 2.20. The number of aromatic nitrogens is 2. The smallest absolute Gasteiger partial charge is 0.185 e. The van der Waals surface area contributed by atoms with Crippen molar-refractivity contribution in [1.29, 1.82) is 0 Å². The fourth-order valence-electron chi connectivity index (χ4n) is 2.65. The van der Waals surface area contributed by atoms with Crippen LogP contribution in [-0.2, 0) is 0 Å². The zero-order valence-electron chi connectivity index (χ0n) is 14.5. The van der Waals surface area contributed by atoms with E-state index in [4.69, 9.17) is 0 Å². The van der Waals surface area contributed by atoms with Crippen molar-refractivity contribution in [2.75, 3.05) is 37.3 Å². The van der Waals surface area contributed by atoms with Crippen LogP contribution < -0.4 is 4.90 Å². The summed E-state index contributed by atoms with van der Waals surface area (Å²) >= 11 is 1.62. The van der Waals surface area contributed by atoms with E-state index in [9.17, 15) is 0 Å². The molecule has 25 heavy (non-hydrogen) atoms. The number of rotatable bonds is 3. The number of nitrogens with zero attached hydrogens (tertiary/aromatic N) is 6. The van der Waals surface area contributed by atoms with Gasteiger partial charge in [-0.05, 0) is 37.4 Å². The number of amidine groups is 1. The summed E-state index contributed by atoms with van der Waals surface area (Å²) in [6, 6.07) is 11.8. The van der Waals surface area contributed by atoms with Gasteiger partial charge in [0.15, 0.2) is 5.17 Å². The first-order valence-electron chi connectivity index (χ1n) is 8.26. The molecule has 0 aromatic carbocycles. The molecule has 1 aliphatic heterocycles. The standard InChI is InChI=1S/C18H22N6S/c1-15(16-7-3-5-9-19-16)21-22-18(25-2)24-13-11-23(12-14-24)17-8-4-6-10-20-17/h3-10H,11-14H2,1-2H3/b21-15-,22-18-. The minimum atomic E-state index is 0.819. The zero-order valence-corrected chi connectivity index (χ0v) is 15.4. The molecular formula is C18H22N6S. The Hall–Kier alpha value is -2.41. The summed E-state index contributed by atoms with van der Waals surface area (Å²) in [7, 11) is 0. The van der Waals surface area contributed by atoms with Crippen LogP contribution in [0, 0.1) is 0 Å². The van der Waals surface area contributed by atoms with Crippen LogP contribution in [0.2, 0.25) is 0 Å². The van der Waals surface area contributed by atoms with Crippen LogP contribution in [0.25, 0.3) is 0 Å². The normalized spacial score (nSPS) is 16.2. The van der Waals surface area contributed by atoms with Crippen LogP contribution >= 0.6 is 11.8 Å². The summed E-state index contributed by atoms with van der Waals surface area (Å²) in [6.45, 7) is 5.62. The van der Waals surface area contributed by atoms with Gasteiger partial charge < -0.3 is 9.80 Å². The highest BCUT2D eigenvalue weighted by molar-refractivity contribution is 8.13. The van der Waals surface area contributed by atoms with Gasteiger partial charge in [0, 0.05) is 38.6 Å². The predicted molar refractivity (Wildman–Crippen MR) is 105 cm³/mol. The molecule has 1 fully saturated rings. The van der Waals surface area contributed by atoms with Gasteiger partial charge in [-0.2, -0.15) is 5.10 Å². The topological polar surface area (TPSA) is 57.0 Å². The average molecular weight is 354 g/mol. The summed E-state index contributed by atoms with van der Waals surface area (Å²) in [5, 5.41) is 9.77. The van der Waals surface area contributed by atoms with Crippen molar-refractivity contribution in [2.24, 2.45) is 10.2 Å². The highest BCUT2D eigenvalue weighted by atomic mass is 32.2. The maximum Gasteiger partial charge on any atom is 0.185 e. The first-order valence-corrected chi connectivity index (χ1v) is 9.49. The number of piperazine rings is 1. The Morgan fingerprint density at radius 3 is 2.28 bits per heavy atom. The summed E-state index contributed by atoms with van der Waals surface area (Å²) in [6.07, 6.45) is 5.64. The van der Waals surface area contributed by atoms with Gasteiger partial charge in [-0.1, -0.05) is 23.9 Å². The quantitative estimate of drug-likeness (QED) is 0.482. The minimum Gasteiger partial charge on any atom is -0.353 e. The van der Waals surface area contributed by atoms with E-state index in [2.05, 4.69) is 36.0 Å². The Kier molecular flexibility index (Phi) is 6.00. The second-order valence-electron chi connectivity index (χ2n) is 5.65. The molecule has 0 atom stereocenters. The third-order valence-electron chi connectivity index (χ3n) is 4.03. The largest absolute Gasteiger partial charge is 0.353 e. The molecule has 0 aliphatic carbocycles. The predicted octanol–water partition coefficient (Wildman–Crippen LogP) is 2.74. The molecule has 1 saturated heterocycles. The van der Waals surface area contributed by atoms with E-state index in [1.165, 1.54) is 0 Å². The second kappa shape index (κ2) is 8.62. The first kappa shape index (κ1) is 17.4. The van der Waals surface area contributed by atoms with Crippen LogP contribution in [0.1, 0.15) is 12.6 Å². The number of anilines is 1. The van der Waals surface area contributed by atoms with Crippen molar-refractivity contribution in [2.45, 2.75) is 6.92 Å². The lowest BCUT2D eigenvalue weighted by molar-refractivity contribution is 0.390. The molecule has 0 N–H and O–H groups in total. The molecule has 2 aromatic heterocycles. The van der Waals surface area contributed by atoms with Crippen molar-refractivity contribution in [3.63, 3.8) is 0 Å². The molecule has 3 heterocycles. The van der Waals surface area contributed by atoms with Crippen LogP contribution in [0.3, 0.4) is 0 Å². The molecular weight excluding hydrogens is 332 g/mol. The van der Waals surface area contributed by atoms with Crippen LogP contribution in [0.5, 0.6) is 0 Å². The van der Waals surface area contributed by atoms with Gasteiger partial charge >= 0.3 is 0 Å². The summed E-state index contributed by atoms with van der Waals surface area (Å²) < 4.78 is 0. The number of thioether (sulfide) groups is 1. The van der Waals surface area contributed by atoms with Gasteiger partial charge in [-0.25, -0.2) is 4.98 Å². The monoisotopic (exact) mass is 354 g/mol. The minimum absolute atomic E-state index is 0.819. The lowest BCUT2D eigenvalue weighted by atomic mass is 10.3. The Bertz CT molecular complexity index is 724. The number of hydrogen-bond donors (Lipinski definition) is 0. The first-order chi connectivity index (χ1) is 12.3. The third kappa shape index (κ3) is 4.57. The molecule has 0 radical (unpaired) electrons. The summed E-state index contributed by atoms with van der Waals surface area (Å²) in [4.78, 5) is 13.3. The molecule has 0 unspecified atom stereocenters. The lowest BCUT2D eigenvalue weighted by Crippen LogP contribution is -2.48. The van der Waals surface area contributed by atoms with E-state index < -0.39 is 0 Å². The van der Waals surface area contributed by atoms with E-state index in [0.717, 1.165) is 48.6 Å². The Morgan fingerprint density at radius 2 is 1.68 bits per heavy atom. The highest BCUT2D eigenvalue weighted by Crippen LogP contribution is 2.15. The fourth-order valence-corrected chi connectivity index (χ4v) is 3.21. The maximum atomic E-state index is 4.46.